The Kier molecular flexibility index (Phi) is 4.74. The van der Waals surface area contributed by atoms with Crippen molar-refractivity contribution in [2.24, 2.45) is 5.73 Å². The number of nitrogens with zero attached hydrogens (tertiary/aromatic N) is 1. The van der Waals surface area contributed by atoms with Gasteiger partial charge in [0, 0.05) is 6.20 Å². The van der Waals surface area contributed by atoms with Gasteiger partial charge in [-0.05, 0) is 36.2 Å². The summed E-state index contributed by atoms with van der Waals surface area (Å²) in [6, 6.07) is 8.42. The maximum absolute atomic E-state index is 10.6. The van der Waals surface area contributed by atoms with Crippen molar-refractivity contribution in [3.63, 3.8) is 0 Å². The SMILES string of the molecule is COc1cc(C(O)C(C)(N)c2ccc(Cl)nc2)ccc1Cl. The van der Waals surface area contributed by atoms with E-state index in [1.165, 1.54) is 7.11 Å². The molecule has 0 bridgehead atoms. The zero-order chi connectivity index (χ0) is 15.6. The standard InChI is InChI=1S/C15H16Cl2N2O2/c1-15(18,10-4-6-13(17)19-8-10)14(20)9-3-5-11(16)12(7-9)21-2/h3-8,14,20H,18H2,1-2H3. The second-order valence-corrected chi connectivity index (χ2v) is 5.74. The Labute approximate surface area is 133 Å². The Bertz CT molecular complexity index is 630. The zero-order valence-corrected chi connectivity index (χ0v) is 13.2. The van der Waals surface area contributed by atoms with Crippen LogP contribution in [0.15, 0.2) is 36.5 Å². The number of ether oxygens (including phenoxy) is 1. The number of benzene rings is 1. The molecule has 0 aliphatic carbocycles. The number of hydrogen-bond acceptors (Lipinski definition) is 4. The number of rotatable bonds is 4. The smallest absolute Gasteiger partial charge is 0.137 e. The van der Waals surface area contributed by atoms with E-state index in [1.807, 2.05) is 0 Å². The Balaban J connectivity index is 2.37. The molecule has 0 saturated carbocycles. The largest absolute Gasteiger partial charge is 0.495 e. The fraction of sp³-hybridized carbons (Fsp3) is 0.267. The van der Waals surface area contributed by atoms with Gasteiger partial charge in [0.15, 0.2) is 0 Å². The summed E-state index contributed by atoms with van der Waals surface area (Å²) in [6.07, 6.45) is 0.602. The van der Waals surface area contributed by atoms with Gasteiger partial charge in [0.2, 0.25) is 0 Å². The van der Waals surface area contributed by atoms with Crippen LogP contribution in [0.4, 0.5) is 0 Å². The van der Waals surface area contributed by atoms with Crippen LogP contribution in [0.3, 0.4) is 0 Å². The van der Waals surface area contributed by atoms with Gasteiger partial charge < -0.3 is 15.6 Å². The topological polar surface area (TPSA) is 68.4 Å². The highest BCUT2D eigenvalue weighted by molar-refractivity contribution is 6.32. The molecule has 0 aliphatic rings. The van der Waals surface area contributed by atoms with Gasteiger partial charge in [0.1, 0.15) is 17.0 Å². The van der Waals surface area contributed by atoms with Gasteiger partial charge in [-0.15, -0.1) is 0 Å². The number of hydrogen-bond donors (Lipinski definition) is 2. The maximum atomic E-state index is 10.6. The monoisotopic (exact) mass is 326 g/mol. The van der Waals surface area contributed by atoms with Crippen molar-refractivity contribution in [1.29, 1.82) is 0 Å². The minimum absolute atomic E-state index is 0.372. The van der Waals surface area contributed by atoms with Gasteiger partial charge in [0.25, 0.3) is 0 Å². The van der Waals surface area contributed by atoms with Crippen molar-refractivity contribution in [2.75, 3.05) is 7.11 Å². The van der Waals surface area contributed by atoms with Crippen molar-refractivity contribution >= 4 is 23.2 Å². The summed E-state index contributed by atoms with van der Waals surface area (Å²) in [7, 11) is 1.52. The van der Waals surface area contributed by atoms with Gasteiger partial charge in [-0.25, -0.2) is 4.98 Å². The van der Waals surface area contributed by atoms with Crippen LogP contribution in [0.2, 0.25) is 10.2 Å². The lowest BCUT2D eigenvalue weighted by molar-refractivity contribution is 0.0927. The number of halogens is 2. The summed E-state index contributed by atoms with van der Waals surface area (Å²) in [4.78, 5) is 4.00. The van der Waals surface area contributed by atoms with Crippen molar-refractivity contribution in [1.82, 2.24) is 4.98 Å². The first-order valence-electron chi connectivity index (χ1n) is 6.28. The highest BCUT2D eigenvalue weighted by Gasteiger charge is 2.32. The van der Waals surface area contributed by atoms with Crippen LogP contribution < -0.4 is 10.5 Å². The molecule has 0 spiro atoms. The molecule has 1 heterocycles. The molecule has 2 aromatic rings. The molecule has 2 rings (SSSR count). The van der Waals surface area contributed by atoms with Crippen LogP contribution in [-0.2, 0) is 5.54 Å². The predicted molar refractivity (Wildman–Crippen MR) is 83.8 cm³/mol. The minimum Gasteiger partial charge on any atom is -0.495 e. The molecular formula is C15H16Cl2N2O2. The normalized spacial score (nSPS) is 15.3. The zero-order valence-electron chi connectivity index (χ0n) is 11.7. The van der Waals surface area contributed by atoms with Crippen molar-refractivity contribution in [3.05, 3.63) is 57.8 Å². The van der Waals surface area contributed by atoms with E-state index in [4.69, 9.17) is 33.7 Å². The maximum Gasteiger partial charge on any atom is 0.137 e. The van der Waals surface area contributed by atoms with E-state index in [2.05, 4.69) is 4.98 Å². The molecule has 2 atom stereocenters. The van der Waals surface area contributed by atoms with E-state index in [0.29, 0.717) is 27.1 Å². The van der Waals surface area contributed by atoms with Gasteiger partial charge in [-0.2, -0.15) is 0 Å². The number of nitrogens with two attached hydrogens (primary N) is 1. The molecule has 6 heteroatoms. The average Bonchev–Trinajstić information content (AvgIpc) is 2.47. The summed E-state index contributed by atoms with van der Waals surface area (Å²) >= 11 is 11.8. The van der Waals surface area contributed by atoms with Crippen LogP contribution >= 0.6 is 23.2 Å². The molecule has 21 heavy (non-hydrogen) atoms. The summed E-state index contributed by atoms with van der Waals surface area (Å²) in [5, 5.41) is 11.4. The lowest BCUT2D eigenvalue weighted by Gasteiger charge is -2.31. The number of methoxy groups -OCH3 is 1. The van der Waals surface area contributed by atoms with Gasteiger partial charge >= 0.3 is 0 Å². The quantitative estimate of drug-likeness (QED) is 0.846. The van der Waals surface area contributed by atoms with Gasteiger partial charge in [0.05, 0.1) is 17.7 Å². The third-order valence-corrected chi connectivity index (χ3v) is 3.94. The molecule has 0 amide bonds. The molecule has 0 fully saturated rings. The molecule has 2 unspecified atom stereocenters. The molecule has 0 saturated heterocycles. The van der Waals surface area contributed by atoms with E-state index >= 15 is 0 Å². The minimum atomic E-state index is -1.03. The Morgan fingerprint density at radius 2 is 2.00 bits per heavy atom. The molecule has 4 nitrogen and oxygen atoms in total. The first-order valence-corrected chi connectivity index (χ1v) is 7.04. The Hall–Kier alpha value is -1.33. The molecule has 0 aliphatic heterocycles. The summed E-state index contributed by atoms with van der Waals surface area (Å²) in [5.74, 6) is 0.484. The molecule has 3 N–H and O–H groups in total. The molecule has 1 aromatic carbocycles. The van der Waals surface area contributed by atoms with E-state index in [9.17, 15) is 5.11 Å². The number of aromatic nitrogens is 1. The fourth-order valence-corrected chi connectivity index (χ4v) is 2.35. The Morgan fingerprint density at radius 3 is 2.57 bits per heavy atom. The lowest BCUT2D eigenvalue weighted by atomic mass is 9.84. The van der Waals surface area contributed by atoms with Crippen LogP contribution in [-0.4, -0.2) is 17.2 Å². The van der Waals surface area contributed by atoms with Crippen molar-refractivity contribution in [2.45, 2.75) is 18.6 Å². The second-order valence-electron chi connectivity index (χ2n) is 4.95. The van der Waals surface area contributed by atoms with Crippen molar-refractivity contribution in [3.8, 4) is 5.75 Å². The predicted octanol–water partition coefficient (Wildman–Crippen LogP) is 3.30. The first-order chi connectivity index (χ1) is 9.86. The molecule has 112 valence electrons. The van der Waals surface area contributed by atoms with Crippen LogP contribution in [0.25, 0.3) is 0 Å². The van der Waals surface area contributed by atoms with E-state index < -0.39 is 11.6 Å². The lowest BCUT2D eigenvalue weighted by Crippen LogP contribution is -2.39. The van der Waals surface area contributed by atoms with Crippen molar-refractivity contribution < 1.29 is 9.84 Å². The highest BCUT2D eigenvalue weighted by Crippen LogP contribution is 2.35. The molecule has 0 radical (unpaired) electrons. The molecular weight excluding hydrogens is 311 g/mol. The van der Waals surface area contributed by atoms with E-state index in [0.717, 1.165) is 0 Å². The number of aliphatic hydroxyl groups excluding tert-OH is 1. The average molecular weight is 327 g/mol. The Morgan fingerprint density at radius 1 is 1.29 bits per heavy atom. The van der Waals surface area contributed by atoms with E-state index in [1.54, 1.807) is 43.5 Å². The third-order valence-electron chi connectivity index (χ3n) is 3.41. The first kappa shape index (κ1) is 16.0. The van der Waals surface area contributed by atoms with Gasteiger partial charge in [-0.1, -0.05) is 35.3 Å². The number of aliphatic hydroxyl groups is 1. The van der Waals surface area contributed by atoms with Crippen LogP contribution in [0.5, 0.6) is 5.75 Å². The van der Waals surface area contributed by atoms with Crippen LogP contribution in [0.1, 0.15) is 24.2 Å². The highest BCUT2D eigenvalue weighted by atomic mass is 35.5. The second kappa shape index (κ2) is 6.20. The molecule has 1 aromatic heterocycles. The third kappa shape index (κ3) is 3.30. The van der Waals surface area contributed by atoms with E-state index in [-0.39, 0.29) is 0 Å². The summed E-state index contributed by atoms with van der Waals surface area (Å²) in [6.45, 7) is 1.73. The fourth-order valence-electron chi connectivity index (χ4n) is 2.05. The van der Waals surface area contributed by atoms with Crippen LogP contribution in [0, 0.1) is 0 Å². The van der Waals surface area contributed by atoms with Gasteiger partial charge in [-0.3, -0.25) is 0 Å². The number of pyridine rings is 1. The summed E-state index contributed by atoms with van der Waals surface area (Å²) < 4.78 is 5.16. The summed E-state index contributed by atoms with van der Waals surface area (Å²) in [5.41, 5.74) is 6.54.